The molecule has 0 radical (unpaired) electrons. The van der Waals surface area contributed by atoms with Gasteiger partial charge < -0.3 is 9.84 Å². The molecule has 2 fully saturated rings. The van der Waals surface area contributed by atoms with E-state index in [9.17, 15) is 9.90 Å². The van der Waals surface area contributed by atoms with Gasteiger partial charge in [0.1, 0.15) is 11.9 Å². The predicted molar refractivity (Wildman–Crippen MR) is 121 cm³/mol. The van der Waals surface area contributed by atoms with Crippen LogP contribution >= 0.6 is 0 Å². The fourth-order valence-corrected chi connectivity index (χ4v) is 7.83. The molecule has 5 atom stereocenters. The van der Waals surface area contributed by atoms with Crippen LogP contribution in [-0.2, 0) is 9.53 Å². The molecule has 30 heavy (non-hydrogen) atoms. The van der Waals surface area contributed by atoms with Crippen molar-refractivity contribution in [2.75, 3.05) is 0 Å². The number of phenols is 1. The summed E-state index contributed by atoms with van der Waals surface area (Å²) in [5.74, 6) is 1.20. The fraction of sp³-hybridized carbons (Fsp3) is 0.667. The number of aryl methyl sites for hydroxylation is 1. The third-order valence-corrected chi connectivity index (χ3v) is 8.86. The standard InChI is InChI=1S/C27H38O3/c1-17-8-9-19(14-21(17)29)20-10-11-23-26(5,15-20)16-22(30-18(2)28)24-25(3,4)12-7-13-27(23,24)6/h8-10,14,22-24,29H,7,11-13,15-16H2,1-6H3/t22-,23-,24+,26-,27-/m1/s1. The fourth-order valence-electron chi connectivity index (χ4n) is 7.83. The first-order valence-corrected chi connectivity index (χ1v) is 11.6. The molecule has 2 saturated carbocycles. The number of rotatable bonds is 2. The van der Waals surface area contributed by atoms with E-state index < -0.39 is 0 Å². The Morgan fingerprint density at radius 3 is 2.57 bits per heavy atom. The van der Waals surface area contributed by atoms with Crippen molar-refractivity contribution in [2.45, 2.75) is 86.2 Å². The van der Waals surface area contributed by atoms with Crippen LogP contribution in [0.2, 0.25) is 0 Å². The first-order chi connectivity index (χ1) is 14.0. The van der Waals surface area contributed by atoms with Crippen molar-refractivity contribution < 1.29 is 14.6 Å². The summed E-state index contributed by atoms with van der Waals surface area (Å²) in [5, 5.41) is 10.2. The number of aromatic hydroxyl groups is 1. The lowest BCUT2D eigenvalue weighted by molar-refractivity contribution is -0.204. The summed E-state index contributed by atoms with van der Waals surface area (Å²) < 4.78 is 6.05. The SMILES string of the molecule is CC(=O)O[C@@H]1C[C@@]2(C)CC(c3ccc(C)c(O)c3)=CC[C@H]2[C@@]2(C)CCCC(C)(C)[C@H]12. The number of carbonyl (C=O) groups excluding carboxylic acids is 1. The van der Waals surface area contributed by atoms with E-state index in [0.29, 0.717) is 17.6 Å². The molecule has 0 unspecified atom stereocenters. The Kier molecular flexibility index (Phi) is 5.11. The van der Waals surface area contributed by atoms with Crippen LogP contribution in [0, 0.1) is 35.0 Å². The van der Waals surface area contributed by atoms with Crippen molar-refractivity contribution >= 4 is 11.5 Å². The van der Waals surface area contributed by atoms with E-state index in [1.165, 1.54) is 24.8 Å². The molecule has 0 aromatic heterocycles. The molecule has 0 aliphatic heterocycles. The van der Waals surface area contributed by atoms with Gasteiger partial charge in [-0.05, 0) is 84.0 Å². The highest BCUT2D eigenvalue weighted by atomic mass is 16.5. The Morgan fingerprint density at radius 2 is 1.90 bits per heavy atom. The van der Waals surface area contributed by atoms with E-state index >= 15 is 0 Å². The quantitative estimate of drug-likeness (QED) is 0.554. The van der Waals surface area contributed by atoms with Crippen molar-refractivity contribution in [1.29, 1.82) is 0 Å². The van der Waals surface area contributed by atoms with E-state index in [1.807, 2.05) is 19.1 Å². The van der Waals surface area contributed by atoms with E-state index in [4.69, 9.17) is 4.74 Å². The van der Waals surface area contributed by atoms with Crippen LogP contribution in [0.4, 0.5) is 0 Å². The van der Waals surface area contributed by atoms with Crippen molar-refractivity contribution in [2.24, 2.45) is 28.1 Å². The van der Waals surface area contributed by atoms with Crippen molar-refractivity contribution in [3.63, 3.8) is 0 Å². The van der Waals surface area contributed by atoms with Gasteiger partial charge in [0.05, 0.1) is 0 Å². The maximum absolute atomic E-state index is 12.1. The average molecular weight is 411 g/mol. The maximum atomic E-state index is 12.1. The largest absolute Gasteiger partial charge is 0.508 e. The molecule has 3 aliphatic carbocycles. The molecule has 0 saturated heterocycles. The van der Waals surface area contributed by atoms with Crippen LogP contribution in [0.3, 0.4) is 0 Å². The Balaban J connectivity index is 1.75. The monoisotopic (exact) mass is 410 g/mol. The van der Waals surface area contributed by atoms with Gasteiger partial charge in [-0.25, -0.2) is 0 Å². The predicted octanol–water partition coefficient (Wildman–Crippen LogP) is 6.67. The normalized spacial score (nSPS) is 37.5. The molecule has 1 aromatic rings. The lowest BCUT2D eigenvalue weighted by atomic mass is 9.40. The Morgan fingerprint density at radius 1 is 1.17 bits per heavy atom. The van der Waals surface area contributed by atoms with Gasteiger partial charge in [-0.3, -0.25) is 4.79 Å². The van der Waals surface area contributed by atoms with Crippen LogP contribution in [0.25, 0.3) is 5.57 Å². The number of phenolic OH excluding ortho intramolecular Hbond substituents is 1. The van der Waals surface area contributed by atoms with Crippen LogP contribution in [-0.4, -0.2) is 17.2 Å². The van der Waals surface area contributed by atoms with Gasteiger partial charge in [0.25, 0.3) is 0 Å². The zero-order valence-electron chi connectivity index (χ0n) is 19.5. The van der Waals surface area contributed by atoms with Gasteiger partial charge >= 0.3 is 5.97 Å². The number of hydrogen-bond acceptors (Lipinski definition) is 3. The number of esters is 1. The first kappa shape index (κ1) is 21.5. The van der Waals surface area contributed by atoms with Crippen LogP contribution in [0.15, 0.2) is 24.3 Å². The minimum absolute atomic E-state index is 0.0187. The van der Waals surface area contributed by atoms with Crippen molar-refractivity contribution in [3.05, 3.63) is 35.4 Å². The van der Waals surface area contributed by atoms with E-state index in [0.717, 1.165) is 30.4 Å². The minimum Gasteiger partial charge on any atom is -0.508 e. The average Bonchev–Trinajstić information content (AvgIpc) is 2.61. The second kappa shape index (κ2) is 7.14. The third-order valence-electron chi connectivity index (χ3n) is 8.86. The number of ether oxygens (including phenoxy) is 1. The second-order valence-electron chi connectivity index (χ2n) is 11.5. The van der Waals surface area contributed by atoms with Crippen molar-refractivity contribution in [3.8, 4) is 5.75 Å². The summed E-state index contributed by atoms with van der Waals surface area (Å²) in [6, 6.07) is 6.04. The Bertz CT molecular complexity index is 882. The smallest absolute Gasteiger partial charge is 0.302 e. The summed E-state index contributed by atoms with van der Waals surface area (Å²) >= 11 is 0. The molecule has 1 N–H and O–H groups in total. The molecule has 4 rings (SSSR count). The van der Waals surface area contributed by atoms with Gasteiger partial charge in [0.2, 0.25) is 0 Å². The zero-order chi connectivity index (χ0) is 21.9. The highest BCUT2D eigenvalue weighted by molar-refractivity contribution is 5.69. The van der Waals surface area contributed by atoms with E-state index in [-0.39, 0.29) is 28.3 Å². The third kappa shape index (κ3) is 3.39. The molecular formula is C27H38O3. The van der Waals surface area contributed by atoms with Crippen LogP contribution < -0.4 is 0 Å². The Hall–Kier alpha value is -1.77. The van der Waals surface area contributed by atoms with Gasteiger partial charge in [-0.15, -0.1) is 0 Å². The number of carbonyl (C=O) groups is 1. The van der Waals surface area contributed by atoms with Gasteiger partial charge in [0.15, 0.2) is 0 Å². The van der Waals surface area contributed by atoms with Crippen LogP contribution in [0.5, 0.6) is 5.75 Å². The molecule has 3 nitrogen and oxygen atoms in total. The topological polar surface area (TPSA) is 46.5 Å². The maximum Gasteiger partial charge on any atom is 0.302 e. The van der Waals surface area contributed by atoms with E-state index in [2.05, 4.69) is 39.8 Å². The van der Waals surface area contributed by atoms with Gasteiger partial charge in [-0.2, -0.15) is 0 Å². The lowest BCUT2D eigenvalue weighted by Crippen LogP contribution is -2.61. The van der Waals surface area contributed by atoms with Crippen LogP contribution in [0.1, 0.15) is 84.3 Å². The van der Waals surface area contributed by atoms with Crippen molar-refractivity contribution in [1.82, 2.24) is 0 Å². The molecular weight excluding hydrogens is 372 g/mol. The molecule has 3 aliphatic rings. The minimum atomic E-state index is -0.152. The number of fused-ring (bicyclic) bond motifs is 3. The summed E-state index contributed by atoms with van der Waals surface area (Å²) in [6.45, 7) is 13.2. The molecule has 0 spiro atoms. The summed E-state index contributed by atoms with van der Waals surface area (Å²) in [5.41, 5.74) is 3.80. The summed E-state index contributed by atoms with van der Waals surface area (Å²) in [4.78, 5) is 12.1. The Labute approximate surface area is 181 Å². The zero-order valence-corrected chi connectivity index (χ0v) is 19.5. The molecule has 164 valence electrons. The molecule has 0 amide bonds. The number of hydrogen-bond donors (Lipinski definition) is 1. The van der Waals surface area contributed by atoms with Gasteiger partial charge in [0, 0.05) is 12.8 Å². The summed E-state index contributed by atoms with van der Waals surface area (Å²) in [7, 11) is 0. The second-order valence-corrected chi connectivity index (χ2v) is 11.5. The van der Waals surface area contributed by atoms with Gasteiger partial charge in [-0.1, -0.05) is 52.3 Å². The molecule has 0 bridgehead atoms. The number of benzene rings is 1. The molecule has 0 heterocycles. The highest BCUT2D eigenvalue weighted by Gasteiger charge is 2.63. The molecule has 3 heteroatoms. The lowest BCUT2D eigenvalue weighted by Gasteiger charge is -2.65. The van der Waals surface area contributed by atoms with E-state index in [1.54, 1.807) is 6.92 Å². The summed E-state index contributed by atoms with van der Waals surface area (Å²) in [6.07, 6.45) is 9.04. The molecule has 1 aromatic carbocycles. The highest BCUT2D eigenvalue weighted by Crippen LogP contribution is 2.68. The first-order valence-electron chi connectivity index (χ1n) is 11.6. The number of allylic oxidation sites excluding steroid dienone is 2.